The first-order valence-electron chi connectivity index (χ1n) is 10.6. The maximum Gasteiger partial charge on any atom is 0.122 e. The summed E-state index contributed by atoms with van der Waals surface area (Å²) in [6.45, 7) is 10.9. The normalized spacial score (nSPS) is 18.0. The van der Waals surface area contributed by atoms with Gasteiger partial charge < -0.3 is 14.5 Å². The predicted octanol–water partition coefficient (Wildman–Crippen LogP) is 3.61. The summed E-state index contributed by atoms with van der Waals surface area (Å²) in [6, 6.07) is 8.40. The van der Waals surface area contributed by atoms with Crippen LogP contribution in [0.4, 0.5) is 0 Å². The van der Waals surface area contributed by atoms with Gasteiger partial charge in [0.05, 0.1) is 12.8 Å². The molecule has 5 heteroatoms. The first kappa shape index (κ1) is 20.9. The highest BCUT2D eigenvalue weighted by molar-refractivity contribution is 5.33. The van der Waals surface area contributed by atoms with Gasteiger partial charge in [0.2, 0.25) is 0 Å². The average molecular weight is 385 g/mol. The fourth-order valence-electron chi connectivity index (χ4n) is 4.36. The highest BCUT2D eigenvalue weighted by atomic mass is 16.5. The molecule has 0 aliphatic carbocycles. The number of piperidine rings is 1. The zero-order valence-corrected chi connectivity index (χ0v) is 18.0. The Balaban J connectivity index is 1.48. The molecule has 154 valence electrons. The van der Waals surface area contributed by atoms with E-state index < -0.39 is 0 Å². The Hall–Kier alpha value is -1.85. The van der Waals surface area contributed by atoms with Crippen molar-refractivity contribution >= 4 is 0 Å². The first-order chi connectivity index (χ1) is 13.6. The average Bonchev–Trinajstić information content (AvgIpc) is 3.06. The number of likely N-dealkylation sites (tertiary alicyclic amines) is 1. The number of hydrogen-bond acceptors (Lipinski definition) is 4. The molecule has 1 aromatic heterocycles. The van der Waals surface area contributed by atoms with Gasteiger partial charge >= 0.3 is 0 Å². The van der Waals surface area contributed by atoms with Crippen molar-refractivity contribution in [1.29, 1.82) is 0 Å². The number of benzene rings is 1. The summed E-state index contributed by atoms with van der Waals surface area (Å²) in [5.74, 6) is 1.76. The van der Waals surface area contributed by atoms with E-state index >= 15 is 0 Å². The molecule has 2 heterocycles. The van der Waals surface area contributed by atoms with E-state index in [2.05, 4.69) is 60.2 Å². The van der Waals surface area contributed by atoms with Gasteiger partial charge in [-0.15, -0.1) is 0 Å². The van der Waals surface area contributed by atoms with Crippen molar-refractivity contribution in [2.24, 2.45) is 5.92 Å². The smallest absolute Gasteiger partial charge is 0.122 e. The predicted molar refractivity (Wildman–Crippen MR) is 115 cm³/mol. The van der Waals surface area contributed by atoms with Crippen molar-refractivity contribution in [3.05, 3.63) is 47.3 Å². The van der Waals surface area contributed by atoms with Crippen LogP contribution >= 0.6 is 0 Å². The third-order valence-electron chi connectivity index (χ3n) is 5.88. The first-order valence-corrected chi connectivity index (χ1v) is 10.6. The van der Waals surface area contributed by atoms with Crippen LogP contribution in [0.25, 0.3) is 0 Å². The molecule has 28 heavy (non-hydrogen) atoms. The summed E-state index contributed by atoms with van der Waals surface area (Å²) in [5.41, 5.74) is 3.83. The van der Waals surface area contributed by atoms with Crippen LogP contribution in [0.5, 0.6) is 5.75 Å². The molecule has 0 unspecified atom stereocenters. The van der Waals surface area contributed by atoms with Crippen LogP contribution in [0.3, 0.4) is 0 Å². The number of ether oxygens (including phenoxy) is 1. The van der Waals surface area contributed by atoms with Crippen LogP contribution in [-0.2, 0) is 19.5 Å². The molecule has 1 fully saturated rings. The maximum absolute atomic E-state index is 5.50. The van der Waals surface area contributed by atoms with Crippen molar-refractivity contribution < 1.29 is 4.74 Å². The molecule has 2 aromatic rings. The zero-order valence-electron chi connectivity index (χ0n) is 18.0. The number of para-hydroxylation sites is 1. The molecule has 1 aliphatic rings. The Labute approximate surface area is 170 Å². The number of aryl methyl sites for hydroxylation is 2. The van der Waals surface area contributed by atoms with Gasteiger partial charge in [-0.3, -0.25) is 4.68 Å². The second-order valence-corrected chi connectivity index (χ2v) is 8.16. The quantitative estimate of drug-likeness (QED) is 0.661. The molecule has 0 N–H and O–H groups in total. The molecule has 0 saturated carbocycles. The minimum absolute atomic E-state index is 0.748. The van der Waals surface area contributed by atoms with Crippen LogP contribution in [0.2, 0.25) is 0 Å². The largest absolute Gasteiger partial charge is 0.496 e. The van der Waals surface area contributed by atoms with Gasteiger partial charge in [-0.05, 0) is 64.3 Å². The third kappa shape index (κ3) is 5.58. The molecule has 1 atom stereocenters. The number of hydrogen-bond donors (Lipinski definition) is 0. The molecule has 1 aliphatic heterocycles. The van der Waals surface area contributed by atoms with E-state index in [0.29, 0.717) is 0 Å². The van der Waals surface area contributed by atoms with Crippen LogP contribution in [-0.4, -0.2) is 59.9 Å². The van der Waals surface area contributed by atoms with Crippen LogP contribution < -0.4 is 4.74 Å². The fraction of sp³-hybridized carbons (Fsp3) is 0.609. The molecule has 5 nitrogen and oxygen atoms in total. The lowest BCUT2D eigenvalue weighted by Gasteiger charge is -2.34. The topological polar surface area (TPSA) is 33.5 Å². The summed E-state index contributed by atoms with van der Waals surface area (Å²) in [4.78, 5) is 5.10. The van der Waals surface area contributed by atoms with E-state index in [1.807, 2.05) is 10.7 Å². The van der Waals surface area contributed by atoms with E-state index in [1.165, 1.54) is 37.1 Å². The van der Waals surface area contributed by atoms with Gasteiger partial charge in [-0.25, -0.2) is 0 Å². The Morgan fingerprint density at radius 2 is 2.07 bits per heavy atom. The number of aromatic nitrogens is 2. The van der Waals surface area contributed by atoms with Crippen LogP contribution in [0.15, 0.2) is 30.5 Å². The van der Waals surface area contributed by atoms with Crippen LogP contribution in [0, 0.1) is 12.8 Å². The highest BCUT2D eigenvalue weighted by Gasteiger charge is 2.21. The second-order valence-electron chi connectivity index (χ2n) is 8.16. The highest BCUT2D eigenvalue weighted by Crippen LogP contribution is 2.21. The Kier molecular flexibility index (Phi) is 7.51. The molecule has 0 spiro atoms. The lowest BCUT2D eigenvalue weighted by molar-refractivity contribution is 0.142. The van der Waals surface area contributed by atoms with Gasteiger partial charge in [0.25, 0.3) is 0 Å². The molecule has 0 radical (unpaired) electrons. The molecular weight excluding hydrogens is 348 g/mol. The fourth-order valence-corrected chi connectivity index (χ4v) is 4.36. The summed E-state index contributed by atoms with van der Waals surface area (Å²) >= 11 is 0. The van der Waals surface area contributed by atoms with Gasteiger partial charge in [0.15, 0.2) is 0 Å². The molecular formula is C23H36N4O. The molecule has 1 aromatic carbocycles. The Bertz CT molecular complexity index is 742. The Morgan fingerprint density at radius 1 is 1.25 bits per heavy atom. The lowest BCUT2D eigenvalue weighted by atomic mass is 9.97. The molecule has 0 amide bonds. The monoisotopic (exact) mass is 384 g/mol. The lowest BCUT2D eigenvalue weighted by Crippen LogP contribution is -2.40. The van der Waals surface area contributed by atoms with E-state index in [1.54, 1.807) is 7.11 Å². The zero-order chi connectivity index (χ0) is 19.9. The number of methoxy groups -OCH3 is 1. The number of rotatable bonds is 9. The Morgan fingerprint density at radius 3 is 2.82 bits per heavy atom. The molecule has 0 bridgehead atoms. The van der Waals surface area contributed by atoms with E-state index in [0.717, 1.165) is 50.0 Å². The standard InChI is InChI=1S/C23H36N4O/c1-5-27-18-22(19(2)24-27)17-25(3)15-20-9-8-13-26(16-20)14-12-21-10-6-7-11-23(21)28-4/h6-7,10-11,18,20H,5,8-9,12-17H2,1-4H3/t20-/m1/s1. The van der Waals surface area contributed by atoms with Gasteiger partial charge in [-0.1, -0.05) is 18.2 Å². The summed E-state index contributed by atoms with van der Waals surface area (Å²) < 4.78 is 7.54. The SMILES string of the molecule is CCn1cc(CN(C)C[C@H]2CCCN(CCc3ccccc3OC)C2)c(C)n1. The van der Waals surface area contributed by atoms with Crippen molar-refractivity contribution in [3.8, 4) is 5.75 Å². The van der Waals surface area contributed by atoms with Crippen molar-refractivity contribution in [2.45, 2.75) is 46.2 Å². The van der Waals surface area contributed by atoms with Gasteiger partial charge in [-0.2, -0.15) is 5.10 Å². The van der Waals surface area contributed by atoms with Crippen molar-refractivity contribution in [3.63, 3.8) is 0 Å². The minimum Gasteiger partial charge on any atom is -0.496 e. The van der Waals surface area contributed by atoms with E-state index in [9.17, 15) is 0 Å². The molecule has 3 rings (SSSR count). The molecule has 1 saturated heterocycles. The van der Waals surface area contributed by atoms with E-state index in [-0.39, 0.29) is 0 Å². The van der Waals surface area contributed by atoms with Gasteiger partial charge in [0, 0.05) is 44.5 Å². The minimum atomic E-state index is 0.748. The maximum atomic E-state index is 5.50. The van der Waals surface area contributed by atoms with Crippen molar-refractivity contribution in [1.82, 2.24) is 19.6 Å². The van der Waals surface area contributed by atoms with Crippen LogP contribution in [0.1, 0.15) is 36.6 Å². The number of nitrogens with zero attached hydrogens (tertiary/aromatic N) is 4. The second kappa shape index (κ2) is 10.1. The van der Waals surface area contributed by atoms with Crippen molar-refractivity contribution in [2.75, 3.05) is 40.3 Å². The summed E-state index contributed by atoms with van der Waals surface area (Å²) in [5, 5.41) is 4.58. The summed E-state index contributed by atoms with van der Waals surface area (Å²) in [7, 11) is 4.01. The third-order valence-corrected chi connectivity index (χ3v) is 5.88. The van der Waals surface area contributed by atoms with Gasteiger partial charge in [0.1, 0.15) is 5.75 Å². The van der Waals surface area contributed by atoms with E-state index in [4.69, 9.17) is 4.74 Å². The summed E-state index contributed by atoms with van der Waals surface area (Å²) in [6.07, 6.45) is 5.90.